The number of methoxy groups -OCH3 is 2. The molecule has 1 aromatic carbocycles. The lowest BCUT2D eigenvalue weighted by atomic mass is 10.1. The predicted octanol–water partition coefficient (Wildman–Crippen LogP) is 2.28. The lowest BCUT2D eigenvalue weighted by Crippen LogP contribution is -2.46. The number of hydrogen-bond donors (Lipinski definition) is 2. The van der Waals surface area contributed by atoms with Crippen molar-refractivity contribution in [1.82, 2.24) is 10.6 Å². The minimum Gasteiger partial charge on any atom is -0.493 e. The lowest BCUT2D eigenvalue weighted by molar-refractivity contribution is -0.123. The van der Waals surface area contributed by atoms with Crippen molar-refractivity contribution in [1.29, 1.82) is 0 Å². The second kappa shape index (κ2) is 8.77. The van der Waals surface area contributed by atoms with Crippen molar-refractivity contribution in [3.63, 3.8) is 0 Å². The van der Waals surface area contributed by atoms with Gasteiger partial charge in [0, 0.05) is 12.6 Å². The zero-order valence-corrected chi connectivity index (χ0v) is 14.4. The average molecular weight is 320 g/mol. The van der Waals surface area contributed by atoms with Gasteiger partial charge in [-0.15, -0.1) is 0 Å². The third-order valence-electron chi connectivity index (χ3n) is 4.42. The molecule has 2 N–H and O–H groups in total. The summed E-state index contributed by atoms with van der Waals surface area (Å²) in [4.78, 5) is 12.1. The summed E-state index contributed by atoms with van der Waals surface area (Å²) in [6, 6.07) is 6.03. The minimum absolute atomic E-state index is 0.0921. The highest BCUT2D eigenvalue weighted by atomic mass is 16.5. The Labute approximate surface area is 138 Å². The van der Waals surface area contributed by atoms with Gasteiger partial charge in [-0.3, -0.25) is 4.79 Å². The van der Waals surface area contributed by atoms with Crippen molar-refractivity contribution in [2.45, 2.75) is 51.1 Å². The van der Waals surface area contributed by atoms with Gasteiger partial charge in [-0.25, -0.2) is 0 Å². The van der Waals surface area contributed by atoms with Gasteiger partial charge >= 0.3 is 0 Å². The molecular formula is C18H28N2O3. The van der Waals surface area contributed by atoms with Crippen molar-refractivity contribution in [3.05, 3.63) is 23.8 Å². The number of rotatable bonds is 8. The summed E-state index contributed by atoms with van der Waals surface area (Å²) in [5.41, 5.74) is 1.07. The number of ether oxygens (including phenoxy) is 2. The molecular weight excluding hydrogens is 292 g/mol. The molecule has 2 rings (SSSR count). The highest BCUT2D eigenvalue weighted by Crippen LogP contribution is 2.30. The van der Waals surface area contributed by atoms with Gasteiger partial charge in [0.2, 0.25) is 5.91 Å². The molecule has 1 aliphatic rings. The van der Waals surface area contributed by atoms with E-state index in [9.17, 15) is 4.79 Å². The SMILES string of the molecule is COc1cccc(CCNC(C)C(=O)NC2CCCC2)c1OC. The van der Waals surface area contributed by atoms with Crippen LogP contribution in [0.15, 0.2) is 18.2 Å². The Kier molecular flexibility index (Phi) is 6.71. The first kappa shape index (κ1) is 17.6. The smallest absolute Gasteiger partial charge is 0.237 e. The van der Waals surface area contributed by atoms with Crippen LogP contribution in [0.3, 0.4) is 0 Å². The van der Waals surface area contributed by atoms with Gasteiger partial charge < -0.3 is 20.1 Å². The second-order valence-corrected chi connectivity index (χ2v) is 6.07. The molecule has 1 aromatic rings. The largest absolute Gasteiger partial charge is 0.493 e. The predicted molar refractivity (Wildman–Crippen MR) is 91.1 cm³/mol. The quantitative estimate of drug-likeness (QED) is 0.771. The Bertz CT molecular complexity index is 513. The molecule has 1 fully saturated rings. The fraction of sp³-hybridized carbons (Fsp3) is 0.611. The van der Waals surface area contributed by atoms with E-state index in [4.69, 9.17) is 9.47 Å². The molecule has 5 heteroatoms. The van der Waals surface area contributed by atoms with Crippen molar-refractivity contribution in [3.8, 4) is 11.5 Å². The topological polar surface area (TPSA) is 59.6 Å². The maximum absolute atomic E-state index is 12.1. The molecule has 128 valence electrons. The monoisotopic (exact) mass is 320 g/mol. The summed E-state index contributed by atoms with van der Waals surface area (Å²) in [7, 11) is 3.28. The Morgan fingerprint density at radius 1 is 1.26 bits per heavy atom. The number of carbonyl (C=O) groups excluding carboxylic acids is 1. The van der Waals surface area contributed by atoms with Crippen LogP contribution in [0.2, 0.25) is 0 Å². The molecule has 0 aromatic heterocycles. The van der Waals surface area contributed by atoms with E-state index in [1.165, 1.54) is 12.8 Å². The third kappa shape index (κ3) is 4.86. The van der Waals surface area contributed by atoms with E-state index < -0.39 is 0 Å². The van der Waals surface area contributed by atoms with Crippen molar-refractivity contribution >= 4 is 5.91 Å². The standard InChI is InChI=1S/C18H28N2O3/c1-13(18(21)20-15-8-4-5-9-15)19-12-11-14-7-6-10-16(22-2)17(14)23-3/h6-7,10,13,15,19H,4-5,8-9,11-12H2,1-3H3,(H,20,21). The third-order valence-corrected chi connectivity index (χ3v) is 4.42. The molecule has 0 heterocycles. The molecule has 0 bridgehead atoms. The second-order valence-electron chi connectivity index (χ2n) is 6.07. The molecule has 0 aliphatic heterocycles. The van der Waals surface area contributed by atoms with E-state index in [1.54, 1.807) is 14.2 Å². The first-order valence-electron chi connectivity index (χ1n) is 8.39. The van der Waals surface area contributed by atoms with Crippen LogP contribution in [0.25, 0.3) is 0 Å². The Balaban J connectivity index is 1.81. The summed E-state index contributed by atoms with van der Waals surface area (Å²) in [6.45, 7) is 2.62. The molecule has 0 spiro atoms. The summed E-state index contributed by atoms with van der Waals surface area (Å²) in [5.74, 6) is 1.59. The van der Waals surface area contributed by atoms with E-state index in [1.807, 2.05) is 25.1 Å². The summed E-state index contributed by atoms with van der Waals surface area (Å²) >= 11 is 0. The van der Waals surface area contributed by atoms with Crippen molar-refractivity contribution in [2.24, 2.45) is 0 Å². The van der Waals surface area contributed by atoms with Crippen LogP contribution in [0.1, 0.15) is 38.2 Å². The van der Waals surface area contributed by atoms with Crippen molar-refractivity contribution in [2.75, 3.05) is 20.8 Å². The molecule has 1 atom stereocenters. The van der Waals surface area contributed by atoms with E-state index >= 15 is 0 Å². The normalized spacial score (nSPS) is 16.1. The number of amides is 1. The summed E-state index contributed by atoms with van der Waals surface area (Å²) in [5, 5.41) is 6.41. The molecule has 1 amide bonds. The van der Waals surface area contributed by atoms with Gasteiger partial charge in [-0.05, 0) is 37.8 Å². The van der Waals surface area contributed by atoms with Crippen LogP contribution in [-0.2, 0) is 11.2 Å². The lowest BCUT2D eigenvalue weighted by Gasteiger charge is -2.18. The van der Waals surface area contributed by atoms with Gasteiger partial charge in [-0.1, -0.05) is 25.0 Å². The number of hydrogen-bond acceptors (Lipinski definition) is 4. The fourth-order valence-electron chi connectivity index (χ4n) is 3.06. The zero-order valence-electron chi connectivity index (χ0n) is 14.4. The number of carbonyl (C=O) groups is 1. The van der Waals surface area contributed by atoms with Crippen LogP contribution in [0, 0.1) is 0 Å². The Morgan fingerprint density at radius 3 is 2.65 bits per heavy atom. The fourth-order valence-corrected chi connectivity index (χ4v) is 3.06. The molecule has 5 nitrogen and oxygen atoms in total. The van der Waals surface area contributed by atoms with Crippen LogP contribution < -0.4 is 20.1 Å². The van der Waals surface area contributed by atoms with Crippen LogP contribution in [-0.4, -0.2) is 38.8 Å². The Hall–Kier alpha value is -1.75. The van der Waals surface area contributed by atoms with Gasteiger partial charge in [0.05, 0.1) is 20.3 Å². The first-order chi connectivity index (χ1) is 11.2. The molecule has 1 unspecified atom stereocenters. The molecule has 0 saturated heterocycles. The zero-order chi connectivity index (χ0) is 16.7. The van der Waals surface area contributed by atoms with Crippen LogP contribution >= 0.6 is 0 Å². The minimum atomic E-state index is -0.188. The van der Waals surface area contributed by atoms with E-state index in [0.29, 0.717) is 12.6 Å². The van der Waals surface area contributed by atoms with E-state index in [-0.39, 0.29) is 11.9 Å². The number of para-hydroxylation sites is 1. The molecule has 1 aliphatic carbocycles. The number of nitrogens with one attached hydrogen (secondary N) is 2. The first-order valence-corrected chi connectivity index (χ1v) is 8.39. The molecule has 0 radical (unpaired) electrons. The highest BCUT2D eigenvalue weighted by Gasteiger charge is 2.20. The van der Waals surface area contributed by atoms with Crippen LogP contribution in [0.5, 0.6) is 11.5 Å². The number of benzene rings is 1. The van der Waals surface area contributed by atoms with Gasteiger partial charge in [0.25, 0.3) is 0 Å². The maximum atomic E-state index is 12.1. The van der Waals surface area contributed by atoms with Gasteiger partial charge in [0.15, 0.2) is 11.5 Å². The maximum Gasteiger partial charge on any atom is 0.237 e. The van der Waals surface area contributed by atoms with Crippen molar-refractivity contribution < 1.29 is 14.3 Å². The molecule has 1 saturated carbocycles. The average Bonchev–Trinajstić information content (AvgIpc) is 3.07. The molecule has 23 heavy (non-hydrogen) atoms. The Morgan fingerprint density at radius 2 is 2.00 bits per heavy atom. The van der Waals surface area contributed by atoms with Gasteiger partial charge in [-0.2, -0.15) is 0 Å². The van der Waals surface area contributed by atoms with E-state index in [2.05, 4.69) is 10.6 Å². The van der Waals surface area contributed by atoms with Crippen LogP contribution in [0.4, 0.5) is 0 Å². The highest BCUT2D eigenvalue weighted by molar-refractivity contribution is 5.81. The summed E-state index contributed by atoms with van der Waals surface area (Å²) < 4.78 is 10.7. The van der Waals surface area contributed by atoms with Gasteiger partial charge in [0.1, 0.15) is 0 Å². The summed E-state index contributed by atoms with van der Waals surface area (Å²) in [6.07, 6.45) is 5.45. The van der Waals surface area contributed by atoms with E-state index in [0.717, 1.165) is 36.3 Å².